The fourth-order valence-electron chi connectivity index (χ4n) is 3.18. The van der Waals surface area contributed by atoms with E-state index in [1.54, 1.807) is 0 Å². The molecule has 0 aromatic carbocycles. The van der Waals surface area contributed by atoms with Crippen LogP contribution in [0.25, 0.3) is 11.3 Å². The van der Waals surface area contributed by atoms with Gasteiger partial charge in [-0.25, -0.2) is 0 Å². The van der Waals surface area contributed by atoms with Gasteiger partial charge in [-0.05, 0) is 37.8 Å². The molecule has 0 saturated heterocycles. The molecular formula is C23H35N3. The summed E-state index contributed by atoms with van der Waals surface area (Å²) in [5, 5.41) is 0. The summed E-state index contributed by atoms with van der Waals surface area (Å²) < 4.78 is 0. The van der Waals surface area contributed by atoms with Crippen LogP contribution >= 0.6 is 0 Å². The van der Waals surface area contributed by atoms with Gasteiger partial charge in [0.05, 0.1) is 17.6 Å². The van der Waals surface area contributed by atoms with Crippen molar-refractivity contribution in [2.75, 3.05) is 0 Å². The van der Waals surface area contributed by atoms with Gasteiger partial charge in [-0.2, -0.15) is 0 Å². The van der Waals surface area contributed by atoms with Crippen molar-refractivity contribution in [3.63, 3.8) is 0 Å². The van der Waals surface area contributed by atoms with Crippen molar-refractivity contribution in [1.82, 2.24) is 15.0 Å². The number of hydrogen-bond donors (Lipinski definition) is 0. The Morgan fingerprint density at radius 1 is 0.577 bits per heavy atom. The van der Waals surface area contributed by atoms with Crippen molar-refractivity contribution in [2.24, 2.45) is 0 Å². The normalized spacial score (nSPS) is 11.0. The molecule has 2 heterocycles. The van der Waals surface area contributed by atoms with Gasteiger partial charge in [0, 0.05) is 23.7 Å². The van der Waals surface area contributed by atoms with Gasteiger partial charge in [-0.1, -0.05) is 65.2 Å². The molecule has 0 aliphatic heterocycles. The third kappa shape index (κ3) is 7.63. The van der Waals surface area contributed by atoms with E-state index >= 15 is 0 Å². The Balaban J connectivity index is 1.77. The average Bonchev–Trinajstić information content (AvgIpc) is 2.69. The van der Waals surface area contributed by atoms with E-state index in [1.807, 2.05) is 18.6 Å². The van der Waals surface area contributed by atoms with Gasteiger partial charge in [0.15, 0.2) is 0 Å². The molecule has 2 rings (SSSR count). The number of hydrogen-bond acceptors (Lipinski definition) is 3. The minimum Gasteiger partial charge on any atom is -0.261 e. The summed E-state index contributed by atoms with van der Waals surface area (Å²) in [6.07, 6.45) is 20.9. The minimum atomic E-state index is 0.918. The van der Waals surface area contributed by atoms with Crippen LogP contribution in [0.4, 0.5) is 0 Å². The van der Waals surface area contributed by atoms with E-state index < -0.39 is 0 Å². The first kappa shape index (κ1) is 20.5. The third-order valence-electron chi connectivity index (χ3n) is 4.90. The topological polar surface area (TPSA) is 38.7 Å². The smallest absolute Gasteiger partial charge is 0.0900 e. The molecule has 0 bridgehead atoms. The Kier molecular flexibility index (Phi) is 9.92. The molecule has 0 aliphatic carbocycles. The minimum absolute atomic E-state index is 0.918. The second-order valence-electron chi connectivity index (χ2n) is 7.26. The standard InChI is InChI=1S/C23H35N3/c1-3-5-7-9-11-13-21-16-15-20(17-24-21)23-19-25-22(18-26-23)14-12-10-8-6-4-2/h15-19H,3-14H2,1-2H3. The molecule has 2 aromatic rings. The zero-order valence-corrected chi connectivity index (χ0v) is 16.7. The van der Waals surface area contributed by atoms with Gasteiger partial charge in [0.25, 0.3) is 0 Å². The Morgan fingerprint density at radius 2 is 1.19 bits per heavy atom. The van der Waals surface area contributed by atoms with Crippen LogP contribution in [0.15, 0.2) is 30.7 Å². The zero-order valence-electron chi connectivity index (χ0n) is 16.7. The molecule has 3 heteroatoms. The Labute approximate surface area is 159 Å². The highest BCUT2D eigenvalue weighted by Gasteiger charge is 2.03. The molecule has 0 unspecified atom stereocenters. The molecule has 142 valence electrons. The SMILES string of the molecule is CCCCCCCc1ccc(-c2cnc(CCCCCCC)cn2)cn1. The lowest BCUT2D eigenvalue weighted by molar-refractivity contribution is 0.627. The van der Waals surface area contributed by atoms with Crippen LogP contribution in [0, 0.1) is 0 Å². The van der Waals surface area contributed by atoms with E-state index in [0.717, 1.165) is 29.8 Å². The fourth-order valence-corrected chi connectivity index (χ4v) is 3.18. The molecule has 0 spiro atoms. The van der Waals surface area contributed by atoms with Crippen molar-refractivity contribution in [2.45, 2.75) is 90.9 Å². The number of aromatic nitrogens is 3. The van der Waals surface area contributed by atoms with Crippen molar-refractivity contribution in [3.8, 4) is 11.3 Å². The maximum Gasteiger partial charge on any atom is 0.0900 e. The van der Waals surface area contributed by atoms with Gasteiger partial charge >= 0.3 is 0 Å². The molecule has 0 N–H and O–H groups in total. The van der Waals surface area contributed by atoms with E-state index in [2.05, 4.69) is 40.9 Å². The first-order chi connectivity index (χ1) is 12.8. The van der Waals surface area contributed by atoms with Gasteiger partial charge in [0.1, 0.15) is 0 Å². The summed E-state index contributed by atoms with van der Waals surface area (Å²) in [6, 6.07) is 4.27. The summed E-state index contributed by atoms with van der Waals surface area (Å²) in [6.45, 7) is 4.50. The molecular weight excluding hydrogens is 318 g/mol. The highest BCUT2D eigenvalue weighted by molar-refractivity contribution is 5.56. The van der Waals surface area contributed by atoms with E-state index in [9.17, 15) is 0 Å². The third-order valence-corrected chi connectivity index (χ3v) is 4.90. The summed E-state index contributed by atoms with van der Waals surface area (Å²) in [4.78, 5) is 13.8. The number of rotatable bonds is 13. The number of aryl methyl sites for hydroxylation is 2. The van der Waals surface area contributed by atoms with Crippen molar-refractivity contribution in [3.05, 3.63) is 42.1 Å². The Morgan fingerprint density at radius 3 is 1.73 bits per heavy atom. The van der Waals surface area contributed by atoms with Gasteiger partial charge in [-0.3, -0.25) is 15.0 Å². The summed E-state index contributed by atoms with van der Waals surface area (Å²) >= 11 is 0. The number of nitrogens with zero attached hydrogens (tertiary/aromatic N) is 3. The van der Waals surface area contributed by atoms with Crippen LogP contribution < -0.4 is 0 Å². The van der Waals surface area contributed by atoms with E-state index in [4.69, 9.17) is 0 Å². The molecule has 0 saturated carbocycles. The highest BCUT2D eigenvalue weighted by atomic mass is 14.8. The summed E-state index contributed by atoms with van der Waals surface area (Å²) in [7, 11) is 0. The molecule has 3 nitrogen and oxygen atoms in total. The van der Waals surface area contributed by atoms with Crippen molar-refractivity contribution < 1.29 is 0 Å². The van der Waals surface area contributed by atoms with Crippen LogP contribution in [0.5, 0.6) is 0 Å². The second-order valence-corrected chi connectivity index (χ2v) is 7.26. The number of pyridine rings is 1. The van der Waals surface area contributed by atoms with Crippen molar-refractivity contribution >= 4 is 0 Å². The van der Waals surface area contributed by atoms with Gasteiger partial charge in [-0.15, -0.1) is 0 Å². The molecule has 0 amide bonds. The monoisotopic (exact) mass is 353 g/mol. The lowest BCUT2D eigenvalue weighted by atomic mass is 10.1. The van der Waals surface area contributed by atoms with Crippen LogP contribution in [-0.2, 0) is 12.8 Å². The fraction of sp³-hybridized carbons (Fsp3) is 0.609. The summed E-state index contributed by atoms with van der Waals surface area (Å²) in [5.41, 5.74) is 4.26. The van der Waals surface area contributed by atoms with E-state index in [-0.39, 0.29) is 0 Å². The molecule has 2 aromatic heterocycles. The first-order valence-corrected chi connectivity index (χ1v) is 10.6. The maximum atomic E-state index is 4.61. The lowest BCUT2D eigenvalue weighted by Crippen LogP contribution is -1.95. The Hall–Kier alpha value is -1.77. The molecule has 0 aliphatic rings. The quantitative estimate of drug-likeness (QED) is 0.382. The van der Waals surface area contributed by atoms with Crippen molar-refractivity contribution in [1.29, 1.82) is 0 Å². The molecule has 0 fully saturated rings. The second kappa shape index (κ2) is 12.6. The summed E-state index contributed by atoms with van der Waals surface area (Å²) in [5.74, 6) is 0. The van der Waals surface area contributed by atoms with E-state index in [0.29, 0.717) is 0 Å². The first-order valence-electron chi connectivity index (χ1n) is 10.6. The molecule has 26 heavy (non-hydrogen) atoms. The van der Waals surface area contributed by atoms with Gasteiger partial charge < -0.3 is 0 Å². The zero-order chi connectivity index (χ0) is 18.5. The largest absolute Gasteiger partial charge is 0.261 e. The van der Waals surface area contributed by atoms with Crippen LogP contribution in [0.1, 0.15) is 89.4 Å². The van der Waals surface area contributed by atoms with Crippen LogP contribution in [0.3, 0.4) is 0 Å². The molecule has 0 radical (unpaired) electrons. The predicted molar refractivity (Wildman–Crippen MR) is 110 cm³/mol. The Bertz CT molecular complexity index is 534. The van der Waals surface area contributed by atoms with E-state index in [1.165, 1.54) is 69.9 Å². The highest BCUT2D eigenvalue weighted by Crippen LogP contribution is 2.17. The maximum absolute atomic E-state index is 4.61. The predicted octanol–water partition coefficient (Wildman–Crippen LogP) is 6.56. The van der Waals surface area contributed by atoms with Gasteiger partial charge in [0.2, 0.25) is 0 Å². The number of unbranched alkanes of at least 4 members (excludes halogenated alkanes) is 8. The lowest BCUT2D eigenvalue weighted by Gasteiger charge is -2.05. The van der Waals surface area contributed by atoms with Crippen LogP contribution in [0.2, 0.25) is 0 Å². The average molecular weight is 354 g/mol. The molecule has 0 atom stereocenters. The van der Waals surface area contributed by atoms with Crippen LogP contribution in [-0.4, -0.2) is 15.0 Å².